The smallest absolute Gasteiger partial charge is 0.182 e. The van der Waals surface area contributed by atoms with E-state index in [0.717, 1.165) is 16.7 Å². The second-order valence-electron chi connectivity index (χ2n) is 5.52. The molecule has 3 rings (SSSR count). The quantitative estimate of drug-likeness (QED) is 0.634. The Bertz CT molecular complexity index is 913. The van der Waals surface area contributed by atoms with Gasteiger partial charge in [0.15, 0.2) is 9.84 Å². The van der Waals surface area contributed by atoms with Crippen molar-refractivity contribution in [1.82, 2.24) is 0 Å². The zero-order valence-electron chi connectivity index (χ0n) is 13.2. The van der Waals surface area contributed by atoms with Crippen LogP contribution in [0.25, 0.3) is 11.6 Å². The van der Waals surface area contributed by atoms with Crippen molar-refractivity contribution in [3.8, 4) is 0 Å². The fraction of sp³-hybridized carbons (Fsp3) is 0.0476. The number of hydrogen-bond donors (Lipinski definition) is 0. The van der Waals surface area contributed by atoms with E-state index in [1.807, 2.05) is 72.8 Å². The fourth-order valence-electron chi connectivity index (χ4n) is 2.53. The van der Waals surface area contributed by atoms with Gasteiger partial charge in [-0.25, -0.2) is 8.42 Å². The lowest BCUT2D eigenvalue weighted by Crippen LogP contribution is -2.08. The highest BCUT2D eigenvalue weighted by molar-refractivity contribution is 7.91. The Balaban J connectivity index is 2.02. The first-order valence-electron chi connectivity index (χ1n) is 7.74. The van der Waals surface area contributed by atoms with Crippen molar-refractivity contribution in [3.05, 3.63) is 102 Å². The second kappa shape index (κ2) is 7.28. The molecule has 0 amide bonds. The lowest BCUT2D eigenvalue weighted by molar-refractivity contribution is 0.599. The van der Waals surface area contributed by atoms with Gasteiger partial charge in [-0.2, -0.15) is 0 Å². The maximum atomic E-state index is 12.8. The molecule has 0 saturated heterocycles. The van der Waals surface area contributed by atoms with Crippen LogP contribution in [0.3, 0.4) is 0 Å². The van der Waals surface area contributed by atoms with Gasteiger partial charge < -0.3 is 0 Å². The number of rotatable bonds is 5. The van der Waals surface area contributed by atoms with Gasteiger partial charge >= 0.3 is 0 Å². The first kappa shape index (κ1) is 16.2. The van der Waals surface area contributed by atoms with Crippen LogP contribution in [0.4, 0.5) is 0 Å². The normalized spacial score (nSPS) is 12.1. The van der Waals surface area contributed by atoms with Gasteiger partial charge in [-0.15, -0.1) is 0 Å². The van der Waals surface area contributed by atoms with Crippen molar-refractivity contribution >= 4 is 21.5 Å². The number of sulfone groups is 1. The number of hydrogen-bond acceptors (Lipinski definition) is 2. The summed E-state index contributed by atoms with van der Waals surface area (Å²) in [6.45, 7) is 0. The molecule has 2 nitrogen and oxygen atoms in total. The average Bonchev–Trinajstić information content (AvgIpc) is 2.63. The molecule has 0 bridgehead atoms. The molecule has 3 aromatic rings. The zero-order chi connectivity index (χ0) is 16.8. The summed E-state index contributed by atoms with van der Waals surface area (Å²) in [4.78, 5) is 0.347. The van der Waals surface area contributed by atoms with E-state index in [9.17, 15) is 8.42 Å². The summed E-state index contributed by atoms with van der Waals surface area (Å²) in [6.07, 6.45) is 1.94. The van der Waals surface area contributed by atoms with Crippen LogP contribution in [0, 0.1) is 0 Å². The monoisotopic (exact) mass is 334 g/mol. The van der Waals surface area contributed by atoms with Crippen LogP contribution in [-0.4, -0.2) is 14.2 Å². The Morgan fingerprint density at radius 2 is 1.21 bits per heavy atom. The molecule has 0 heterocycles. The molecule has 0 fully saturated rings. The first-order chi connectivity index (χ1) is 11.6. The molecule has 0 spiro atoms. The zero-order valence-corrected chi connectivity index (χ0v) is 14.0. The maximum absolute atomic E-state index is 12.8. The molecule has 0 N–H and O–H groups in total. The Kier molecular flexibility index (Phi) is 4.92. The van der Waals surface area contributed by atoms with E-state index in [1.165, 1.54) is 0 Å². The second-order valence-corrected chi connectivity index (χ2v) is 7.51. The van der Waals surface area contributed by atoms with Crippen LogP contribution >= 0.6 is 0 Å². The molecular weight excluding hydrogens is 316 g/mol. The summed E-state index contributed by atoms with van der Waals surface area (Å²) in [6, 6.07) is 28.0. The van der Waals surface area contributed by atoms with E-state index in [-0.39, 0.29) is 5.75 Å². The molecule has 0 saturated carbocycles. The van der Waals surface area contributed by atoms with Crippen LogP contribution in [0.2, 0.25) is 0 Å². The molecule has 3 heteroatoms. The van der Waals surface area contributed by atoms with Crippen LogP contribution in [0.1, 0.15) is 11.1 Å². The largest absolute Gasteiger partial charge is 0.223 e. The third-order valence-corrected chi connectivity index (χ3v) is 5.41. The number of benzene rings is 3. The van der Waals surface area contributed by atoms with E-state index in [2.05, 4.69) is 0 Å². The van der Waals surface area contributed by atoms with Crippen LogP contribution in [0.15, 0.2) is 95.9 Å². The molecule has 0 aliphatic carbocycles. The van der Waals surface area contributed by atoms with E-state index < -0.39 is 9.84 Å². The highest BCUT2D eigenvalue weighted by Gasteiger charge is 2.17. The van der Waals surface area contributed by atoms with Crippen molar-refractivity contribution in [3.63, 3.8) is 0 Å². The van der Waals surface area contributed by atoms with Gasteiger partial charge in [-0.3, -0.25) is 0 Å². The van der Waals surface area contributed by atoms with Crippen molar-refractivity contribution in [2.75, 3.05) is 5.75 Å². The molecule has 24 heavy (non-hydrogen) atoms. The minimum absolute atomic E-state index is 0.0318. The first-order valence-corrected chi connectivity index (χ1v) is 9.39. The highest BCUT2D eigenvalue weighted by Crippen LogP contribution is 2.23. The lowest BCUT2D eigenvalue weighted by Gasteiger charge is -2.10. The molecule has 0 aliphatic heterocycles. The van der Waals surface area contributed by atoms with E-state index >= 15 is 0 Å². The minimum Gasteiger partial charge on any atom is -0.223 e. The van der Waals surface area contributed by atoms with Gasteiger partial charge in [-0.05, 0) is 28.8 Å². The van der Waals surface area contributed by atoms with Gasteiger partial charge in [0.2, 0.25) is 0 Å². The molecule has 120 valence electrons. The van der Waals surface area contributed by atoms with Crippen molar-refractivity contribution in [2.45, 2.75) is 4.90 Å². The Hall–Kier alpha value is -2.65. The Morgan fingerprint density at radius 1 is 0.708 bits per heavy atom. The van der Waals surface area contributed by atoms with E-state index in [0.29, 0.717) is 4.90 Å². The third kappa shape index (κ3) is 4.00. The summed E-state index contributed by atoms with van der Waals surface area (Å²) in [5, 5.41) is 0. The van der Waals surface area contributed by atoms with Crippen LogP contribution in [0.5, 0.6) is 0 Å². The minimum atomic E-state index is -3.40. The van der Waals surface area contributed by atoms with E-state index in [1.54, 1.807) is 24.3 Å². The summed E-state index contributed by atoms with van der Waals surface area (Å²) < 4.78 is 25.5. The average molecular weight is 334 g/mol. The summed E-state index contributed by atoms with van der Waals surface area (Å²) in [5.41, 5.74) is 2.69. The van der Waals surface area contributed by atoms with Crippen LogP contribution in [-0.2, 0) is 9.84 Å². The molecular formula is C21H18O2S. The summed E-state index contributed by atoms with van der Waals surface area (Å²) in [7, 11) is -3.40. The Morgan fingerprint density at radius 3 is 1.79 bits per heavy atom. The summed E-state index contributed by atoms with van der Waals surface area (Å²) in [5.74, 6) is -0.0318. The predicted octanol–water partition coefficient (Wildman–Crippen LogP) is 4.70. The van der Waals surface area contributed by atoms with Gasteiger partial charge in [0, 0.05) is 0 Å². The highest BCUT2D eigenvalue weighted by atomic mass is 32.2. The molecule has 0 unspecified atom stereocenters. The Labute approximate surface area is 143 Å². The van der Waals surface area contributed by atoms with E-state index in [4.69, 9.17) is 0 Å². The lowest BCUT2D eigenvalue weighted by atomic mass is 10.0. The molecule has 0 atom stereocenters. The SMILES string of the molecule is O=S(=O)(C/C(=C/c1ccccc1)c1ccccc1)c1ccccc1. The fourth-order valence-corrected chi connectivity index (χ4v) is 3.92. The standard InChI is InChI=1S/C21H18O2S/c22-24(23,21-14-8-3-9-15-21)17-20(19-12-6-2-7-13-19)16-18-10-4-1-5-11-18/h1-16H,17H2/b20-16-. The molecule has 0 aliphatic rings. The summed E-state index contributed by atoms with van der Waals surface area (Å²) >= 11 is 0. The molecule has 0 radical (unpaired) electrons. The molecule has 3 aromatic carbocycles. The third-order valence-electron chi connectivity index (χ3n) is 3.73. The van der Waals surface area contributed by atoms with Gasteiger partial charge in [-0.1, -0.05) is 84.9 Å². The van der Waals surface area contributed by atoms with Crippen molar-refractivity contribution < 1.29 is 8.42 Å². The van der Waals surface area contributed by atoms with Gasteiger partial charge in [0.1, 0.15) is 0 Å². The topological polar surface area (TPSA) is 34.1 Å². The van der Waals surface area contributed by atoms with Crippen molar-refractivity contribution in [1.29, 1.82) is 0 Å². The maximum Gasteiger partial charge on any atom is 0.182 e. The molecule has 0 aromatic heterocycles. The van der Waals surface area contributed by atoms with Crippen LogP contribution < -0.4 is 0 Å². The predicted molar refractivity (Wildman–Crippen MR) is 99.2 cm³/mol. The van der Waals surface area contributed by atoms with Crippen molar-refractivity contribution in [2.24, 2.45) is 0 Å². The van der Waals surface area contributed by atoms with Gasteiger partial charge in [0.25, 0.3) is 0 Å². The van der Waals surface area contributed by atoms with Gasteiger partial charge in [0.05, 0.1) is 10.6 Å².